The summed E-state index contributed by atoms with van der Waals surface area (Å²) in [4.78, 5) is 24.0. The lowest BCUT2D eigenvalue weighted by Crippen LogP contribution is -2.41. The molecule has 0 radical (unpaired) electrons. The number of ether oxygens (including phenoxy) is 1. The van der Waals surface area contributed by atoms with Crippen molar-refractivity contribution in [1.29, 1.82) is 0 Å². The van der Waals surface area contributed by atoms with Crippen molar-refractivity contribution in [1.82, 2.24) is 15.5 Å². The summed E-state index contributed by atoms with van der Waals surface area (Å²) in [6, 6.07) is 6.81. The van der Waals surface area contributed by atoms with E-state index in [9.17, 15) is 9.59 Å². The summed E-state index contributed by atoms with van der Waals surface area (Å²) in [5, 5.41) is 14.6. The van der Waals surface area contributed by atoms with E-state index >= 15 is 0 Å². The molecule has 8 heteroatoms. The molecule has 0 aliphatic heterocycles. The smallest absolute Gasteiger partial charge is 0.248 e. The Morgan fingerprint density at radius 1 is 1.19 bits per heavy atom. The summed E-state index contributed by atoms with van der Waals surface area (Å²) in [6.07, 6.45) is 3.33. The van der Waals surface area contributed by atoms with Crippen molar-refractivity contribution in [3.05, 3.63) is 24.3 Å². The Kier molecular flexibility index (Phi) is 7.53. The maximum absolute atomic E-state index is 12.2. The number of carbonyl (C=O) groups excluding carboxylic acids is 2. The molecule has 7 nitrogen and oxygen atoms in total. The molecule has 1 aromatic heterocycles. The van der Waals surface area contributed by atoms with Crippen LogP contribution < -0.4 is 15.4 Å². The fourth-order valence-corrected chi connectivity index (χ4v) is 3.00. The van der Waals surface area contributed by atoms with Crippen molar-refractivity contribution in [3.8, 4) is 16.3 Å². The van der Waals surface area contributed by atoms with Gasteiger partial charge >= 0.3 is 0 Å². The summed E-state index contributed by atoms with van der Waals surface area (Å²) >= 11 is 1.27. The number of carbonyl (C=O) groups is 2. The van der Waals surface area contributed by atoms with E-state index < -0.39 is 6.04 Å². The minimum Gasteiger partial charge on any atom is -0.497 e. The number of hydrogen-bond donors (Lipinski definition) is 2. The third kappa shape index (κ3) is 5.80. The molecular weight excluding hydrogens is 352 g/mol. The number of hydrogen-bond acceptors (Lipinski definition) is 6. The van der Waals surface area contributed by atoms with Gasteiger partial charge in [-0.05, 0) is 37.6 Å². The van der Waals surface area contributed by atoms with Gasteiger partial charge in [0.2, 0.25) is 16.9 Å². The molecule has 2 N–H and O–H groups in total. The van der Waals surface area contributed by atoms with Crippen molar-refractivity contribution in [2.24, 2.45) is 0 Å². The van der Waals surface area contributed by atoms with Gasteiger partial charge in [0.25, 0.3) is 0 Å². The number of anilines is 1. The van der Waals surface area contributed by atoms with Gasteiger partial charge in [0.15, 0.2) is 0 Å². The van der Waals surface area contributed by atoms with Crippen molar-refractivity contribution >= 4 is 28.3 Å². The molecule has 0 fully saturated rings. The molecule has 0 spiro atoms. The lowest BCUT2D eigenvalue weighted by atomic mass is 10.2. The van der Waals surface area contributed by atoms with Crippen LogP contribution in [0.1, 0.15) is 39.5 Å². The fourth-order valence-electron chi connectivity index (χ4n) is 2.25. The van der Waals surface area contributed by atoms with Gasteiger partial charge in [-0.1, -0.05) is 31.1 Å². The number of nitrogens with zero attached hydrogens (tertiary/aromatic N) is 2. The van der Waals surface area contributed by atoms with Crippen LogP contribution in [0.3, 0.4) is 0 Å². The van der Waals surface area contributed by atoms with Crippen LogP contribution in [0.4, 0.5) is 5.13 Å². The minimum atomic E-state index is -0.627. The first-order valence-corrected chi connectivity index (χ1v) is 9.43. The van der Waals surface area contributed by atoms with E-state index in [-0.39, 0.29) is 11.8 Å². The molecule has 0 bridgehead atoms. The zero-order valence-corrected chi connectivity index (χ0v) is 16.1. The number of rotatable bonds is 9. The Morgan fingerprint density at radius 2 is 1.92 bits per heavy atom. The first kappa shape index (κ1) is 19.8. The predicted molar refractivity (Wildman–Crippen MR) is 102 cm³/mol. The lowest BCUT2D eigenvalue weighted by Gasteiger charge is -2.12. The maximum Gasteiger partial charge on any atom is 0.248 e. The van der Waals surface area contributed by atoms with Crippen LogP contribution in [0.2, 0.25) is 0 Å². The average molecular weight is 376 g/mol. The Bertz CT molecular complexity index is 730. The zero-order valence-electron chi connectivity index (χ0n) is 15.2. The highest BCUT2D eigenvalue weighted by Crippen LogP contribution is 2.27. The summed E-state index contributed by atoms with van der Waals surface area (Å²) in [5.74, 6) is 0.332. The molecule has 0 aliphatic carbocycles. The van der Waals surface area contributed by atoms with E-state index in [0.29, 0.717) is 16.6 Å². The van der Waals surface area contributed by atoms with Crippen LogP contribution in [-0.4, -0.2) is 35.2 Å². The molecule has 2 amide bonds. The van der Waals surface area contributed by atoms with Gasteiger partial charge in [-0.2, -0.15) is 0 Å². The summed E-state index contributed by atoms with van der Waals surface area (Å²) in [6.45, 7) is 3.73. The molecule has 2 aromatic rings. The van der Waals surface area contributed by atoms with Crippen LogP contribution in [0.5, 0.6) is 5.75 Å². The summed E-state index contributed by atoms with van der Waals surface area (Å²) in [7, 11) is 1.61. The summed E-state index contributed by atoms with van der Waals surface area (Å²) in [5.41, 5.74) is 0.890. The number of methoxy groups -OCH3 is 1. The van der Waals surface area contributed by atoms with Gasteiger partial charge in [-0.15, -0.1) is 10.2 Å². The second-order valence-corrected chi connectivity index (χ2v) is 6.85. The van der Waals surface area contributed by atoms with Gasteiger partial charge in [-0.25, -0.2) is 0 Å². The standard InChI is InChI=1S/C18H24N4O3S/c1-4-5-6-7-15(23)19-12(2)16(24)20-18-22-21-17(26-18)13-8-10-14(25-3)11-9-13/h8-12H,4-7H2,1-3H3,(H,19,23)(H,20,22,24)/t12-/m0/s1. The topological polar surface area (TPSA) is 93.2 Å². The number of amides is 2. The molecule has 0 aliphatic rings. The molecule has 0 unspecified atom stereocenters. The second kappa shape index (κ2) is 9.86. The third-order valence-corrected chi connectivity index (χ3v) is 4.66. The fraction of sp³-hybridized carbons (Fsp3) is 0.444. The van der Waals surface area contributed by atoms with Crippen molar-refractivity contribution in [2.45, 2.75) is 45.6 Å². The summed E-state index contributed by atoms with van der Waals surface area (Å²) < 4.78 is 5.13. The van der Waals surface area contributed by atoms with Gasteiger partial charge in [0, 0.05) is 12.0 Å². The Labute approximate surface area is 157 Å². The molecule has 0 saturated heterocycles. The quantitative estimate of drug-likeness (QED) is 0.655. The molecule has 0 saturated carbocycles. The SMILES string of the molecule is CCCCCC(=O)N[C@@H](C)C(=O)Nc1nnc(-c2ccc(OC)cc2)s1. The first-order chi connectivity index (χ1) is 12.5. The molecule has 1 atom stereocenters. The second-order valence-electron chi connectivity index (χ2n) is 5.88. The largest absolute Gasteiger partial charge is 0.497 e. The van der Waals surface area contributed by atoms with Gasteiger partial charge in [-0.3, -0.25) is 14.9 Å². The number of nitrogens with one attached hydrogen (secondary N) is 2. The van der Waals surface area contributed by atoms with E-state index in [0.717, 1.165) is 30.6 Å². The number of benzene rings is 1. The van der Waals surface area contributed by atoms with Crippen LogP contribution in [0.25, 0.3) is 10.6 Å². The van der Waals surface area contributed by atoms with Crippen LogP contribution in [0.15, 0.2) is 24.3 Å². The monoisotopic (exact) mass is 376 g/mol. The molecule has 26 heavy (non-hydrogen) atoms. The van der Waals surface area contributed by atoms with E-state index in [2.05, 4.69) is 27.8 Å². The molecule has 2 rings (SSSR count). The van der Waals surface area contributed by atoms with Gasteiger partial charge < -0.3 is 10.1 Å². The Hall–Kier alpha value is -2.48. The molecule has 1 heterocycles. The Morgan fingerprint density at radius 3 is 2.58 bits per heavy atom. The molecule has 1 aromatic carbocycles. The number of unbranched alkanes of at least 4 members (excludes halogenated alkanes) is 2. The average Bonchev–Trinajstić information content (AvgIpc) is 3.10. The molecular formula is C18H24N4O3S. The van der Waals surface area contributed by atoms with E-state index in [4.69, 9.17) is 4.74 Å². The Balaban J connectivity index is 1.88. The highest BCUT2D eigenvalue weighted by atomic mass is 32.1. The normalized spacial score (nSPS) is 11.7. The van der Waals surface area contributed by atoms with Crippen molar-refractivity contribution in [3.63, 3.8) is 0 Å². The minimum absolute atomic E-state index is 0.114. The lowest BCUT2D eigenvalue weighted by molar-refractivity contribution is -0.126. The van der Waals surface area contributed by atoms with Crippen molar-refractivity contribution < 1.29 is 14.3 Å². The van der Waals surface area contributed by atoms with Crippen molar-refractivity contribution in [2.75, 3.05) is 12.4 Å². The van der Waals surface area contributed by atoms with E-state index in [1.165, 1.54) is 11.3 Å². The highest BCUT2D eigenvalue weighted by Gasteiger charge is 2.17. The molecule has 140 valence electrons. The van der Waals surface area contributed by atoms with Gasteiger partial charge in [0.1, 0.15) is 16.8 Å². The van der Waals surface area contributed by atoms with Crippen LogP contribution in [0, 0.1) is 0 Å². The predicted octanol–water partition coefficient (Wildman–Crippen LogP) is 3.24. The van der Waals surface area contributed by atoms with E-state index in [1.807, 2.05) is 24.3 Å². The first-order valence-electron chi connectivity index (χ1n) is 8.61. The maximum atomic E-state index is 12.2. The van der Waals surface area contributed by atoms with Crippen LogP contribution >= 0.6 is 11.3 Å². The van der Waals surface area contributed by atoms with Gasteiger partial charge in [0.05, 0.1) is 7.11 Å². The zero-order chi connectivity index (χ0) is 18.9. The number of aromatic nitrogens is 2. The van der Waals surface area contributed by atoms with Crippen LogP contribution in [-0.2, 0) is 9.59 Å². The van der Waals surface area contributed by atoms with E-state index in [1.54, 1.807) is 14.0 Å². The third-order valence-electron chi connectivity index (χ3n) is 3.77. The highest BCUT2D eigenvalue weighted by molar-refractivity contribution is 7.18.